The van der Waals surface area contributed by atoms with E-state index < -0.39 is 0 Å². The number of nitrogens with zero attached hydrogens (tertiary/aromatic N) is 2. The van der Waals surface area contributed by atoms with Gasteiger partial charge in [-0.15, -0.1) is 0 Å². The minimum Gasteiger partial charge on any atom is -0.307 e. The molecule has 0 spiro atoms. The van der Waals surface area contributed by atoms with Crippen molar-refractivity contribution >= 4 is 0 Å². The first-order valence-corrected chi connectivity index (χ1v) is 6.69. The molecule has 2 aliphatic heterocycles. The van der Waals surface area contributed by atoms with Crippen LogP contribution in [-0.2, 0) is 6.42 Å². The molecule has 1 aromatic carbocycles. The minimum absolute atomic E-state index is 0.443. The first-order valence-electron chi connectivity index (χ1n) is 6.69. The second-order valence-corrected chi connectivity index (χ2v) is 5.35. The van der Waals surface area contributed by atoms with E-state index in [1.54, 1.807) is 0 Å². The Morgan fingerprint density at radius 1 is 1.21 bits per heavy atom. The van der Waals surface area contributed by atoms with Crippen LogP contribution in [0.5, 0.6) is 0 Å². The second-order valence-electron chi connectivity index (χ2n) is 5.35. The largest absolute Gasteiger partial charge is 0.307 e. The lowest BCUT2D eigenvalue weighted by Gasteiger charge is -2.21. The Labute approximate surface area is 111 Å². The quantitative estimate of drug-likeness (QED) is 0.816. The normalized spacial score (nSPS) is 23.9. The van der Waals surface area contributed by atoms with Crippen LogP contribution in [0.3, 0.4) is 0 Å². The molecule has 2 bridgehead atoms. The van der Waals surface area contributed by atoms with Crippen LogP contribution in [0.15, 0.2) is 24.3 Å². The van der Waals surface area contributed by atoms with E-state index in [0.29, 0.717) is 17.6 Å². The van der Waals surface area contributed by atoms with Crippen molar-refractivity contribution in [1.82, 2.24) is 15.5 Å². The summed E-state index contributed by atoms with van der Waals surface area (Å²) in [6.07, 6.45) is 3.50. The fourth-order valence-corrected chi connectivity index (χ4v) is 3.29. The summed E-state index contributed by atoms with van der Waals surface area (Å²) >= 11 is 0. The number of nitriles is 1. The molecule has 2 atom stereocenters. The first kappa shape index (κ1) is 10.8. The number of fused-ring (bicyclic) bond motifs is 4. The Hall–Kier alpha value is -2.12. The van der Waals surface area contributed by atoms with Gasteiger partial charge in [0.2, 0.25) is 0 Å². The van der Waals surface area contributed by atoms with Crippen molar-refractivity contribution in [2.45, 2.75) is 31.3 Å². The average Bonchev–Trinajstić information content (AvgIpc) is 3.05. The third kappa shape index (κ3) is 1.59. The molecular formula is C15H14N4. The van der Waals surface area contributed by atoms with Gasteiger partial charge in [0.25, 0.3) is 0 Å². The summed E-state index contributed by atoms with van der Waals surface area (Å²) in [5.41, 5.74) is 5.43. The molecule has 2 unspecified atom stereocenters. The molecule has 2 N–H and O–H groups in total. The van der Waals surface area contributed by atoms with Gasteiger partial charge < -0.3 is 5.32 Å². The van der Waals surface area contributed by atoms with Gasteiger partial charge in [-0.25, -0.2) is 0 Å². The number of benzene rings is 1. The summed E-state index contributed by atoms with van der Waals surface area (Å²) < 4.78 is 0. The van der Waals surface area contributed by atoms with Crippen molar-refractivity contribution in [3.63, 3.8) is 0 Å². The smallest absolute Gasteiger partial charge is 0.0991 e. The summed E-state index contributed by atoms with van der Waals surface area (Å²) in [5, 5.41) is 20.2. The van der Waals surface area contributed by atoms with Gasteiger partial charge >= 0.3 is 0 Å². The molecule has 0 radical (unpaired) electrons. The maximum Gasteiger partial charge on any atom is 0.0991 e. The third-order valence-electron chi connectivity index (χ3n) is 4.21. The first-order chi connectivity index (χ1) is 9.35. The Morgan fingerprint density at radius 3 is 2.84 bits per heavy atom. The predicted octanol–water partition coefficient (Wildman–Crippen LogP) is 2.30. The van der Waals surface area contributed by atoms with E-state index in [2.05, 4.69) is 21.6 Å². The molecule has 0 aliphatic carbocycles. The van der Waals surface area contributed by atoms with E-state index in [9.17, 15) is 0 Å². The zero-order valence-electron chi connectivity index (χ0n) is 10.5. The zero-order chi connectivity index (χ0) is 12.8. The Morgan fingerprint density at radius 2 is 2.05 bits per heavy atom. The Bertz CT molecular complexity index is 662. The number of rotatable bonds is 1. The van der Waals surface area contributed by atoms with Crippen molar-refractivity contribution in [3.8, 4) is 17.3 Å². The lowest BCUT2D eigenvalue weighted by atomic mass is 9.96. The fourth-order valence-electron chi connectivity index (χ4n) is 3.29. The van der Waals surface area contributed by atoms with E-state index in [4.69, 9.17) is 5.26 Å². The molecular weight excluding hydrogens is 236 g/mol. The molecule has 19 heavy (non-hydrogen) atoms. The molecule has 94 valence electrons. The average molecular weight is 250 g/mol. The Balaban J connectivity index is 1.80. The maximum absolute atomic E-state index is 8.85. The molecule has 4 nitrogen and oxygen atoms in total. The highest BCUT2D eigenvalue weighted by Crippen LogP contribution is 2.39. The summed E-state index contributed by atoms with van der Waals surface area (Å²) in [6, 6.07) is 10.9. The van der Waals surface area contributed by atoms with Gasteiger partial charge in [0.05, 0.1) is 17.3 Å². The van der Waals surface area contributed by atoms with Crippen molar-refractivity contribution in [1.29, 1.82) is 5.26 Å². The van der Waals surface area contributed by atoms with E-state index in [-0.39, 0.29) is 0 Å². The standard InChI is InChI=1S/C15H14N4/c16-8-9-1-3-10(4-2-9)15-14-12-6-5-11(17-12)7-13(14)18-19-15/h1-4,11-12,17H,5-7H2,(H,18,19). The Kier molecular flexibility index (Phi) is 2.23. The monoisotopic (exact) mass is 250 g/mol. The zero-order valence-corrected chi connectivity index (χ0v) is 10.5. The van der Waals surface area contributed by atoms with Crippen LogP contribution in [0.25, 0.3) is 11.3 Å². The molecule has 2 aliphatic rings. The third-order valence-corrected chi connectivity index (χ3v) is 4.21. The second kappa shape index (κ2) is 3.94. The molecule has 4 heteroatoms. The summed E-state index contributed by atoms with van der Waals surface area (Å²) in [5.74, 6) is 0. The maximum atomic E-state index is 8.85. The van der Waals surface area contributed by atoms with Gasteiger partial charge in [0.15, 0.2) is 0 Å². The van der Waals surface area contributed by atoms with Crippen LogP contribution in [-0.4, -0.2) is 16.2 Å². The molecule has 1 fully saturated rings. The number of aromatic nitrogens is 2. The van der Waals surface area contributed by atoms with Gasteiger partial charge in [0, 0.05) is 35.3 Å². The minimum atomic E-state index is 0.443. The van der Waals surface area contributed by atoms with Crippen molar-refractivity contribution in [2.75, 3.05) is 0 Å². The van der Waals surface area contributed by atoms with Crippen LogP contribution in [0.2, 0.25) is 0 Å². The summed E-state index contributed by atoms with van der Waals surface area (Å²) in [4.78, 5) is 0. The van der Waals surface area contributed by atoms with Gasteiger partial charge in [-0.3, -0.25) is 5.10 Å². The molecule has 3 heterocycles. The van der Waals surface area contributed by atoms with Crippen molar-refractivity contribution in [3.05, 3.63) is 41.1 Å². The predicted molar refractivity (Wildman–Crippen MR) is 71.3 cm³/mol. The number of hydrogen-bond donors (Lipinski definition) is 2. The lowest BCUT2D eigenvalue weighted by molar-refractivity contribution is 0.511. The van der Waals surface area contributed by atoms with E-state index >= 15 is 0 Å². The molecule has 2 aromatic rings. The van der Waals surface area contributed by atoms with Gasteiger partial charge in [-0.1, -0.05) is 12.1 Å². The van der Waals surface area contributed by atoms with Crippen LogP contribution >= 0.6 is 0 Å². The van der Waals surface area contributed by atoms with E-state index in [0.717, 1.165) is 17.7 Å². The highest BCUT2D eigenvalue weighted by molar-refractivity contribution is 5.66. The molecule has 4 rings (SSSR count). The highest BCUT2D eigenvalue weighted by Gasteiger charge is 2.35. The van der Waals surface area contributed by atoms with Gasteiger partial charge in [-0.05, 0) is 25.0 Å². The summed E-state index contributed by atoms with van der Waals surface area (Å²) in [7, 11) is 0. The number of aromatic amines is 1. The van der Waals surface area contributed by atoms with Crippen LogP contribution < -0.4 is 5.32 Å². The van der Waals surface area contributed by atoms with Crippen LogP contribution in [0, 0.1) is 11.3 Å². The molecule has 1 aromatic heterocycles. The molecule has 0 saturated carbocycles. The lowest BCUT2D eigenvalue weighted by Crippen LogP contribution is -2.31. The van der Waals surface area contributed by atoms with E-state index in [1.165, 1.54) is 24.1 Å². The van der Waals surface area contributed by atoms with Crippen molar-refractivity contribution < 1.29 is 0 Å². The van der Waals surface area contributed by atoms with Gasteiger partial charge in [0.1, 0.15) is 0 Å². The van der Waals surface area contributed by atoms with Gasteiger partial charge in [-0.2, -0.15) is 10.4 Å². The van der Waals surface area contributed by atoms with Crippen molar-refractivity contribution in [2.24, 2.45) is 0 Å². The SMILES string of the molecule is N#Cc1ccc(-c2n[nH]c3c2C2CCC(C3)N2)cc1. The summed E-state index contributed by atoms with van der Waals surface area (Å²) in [6.45, 7) is 0. The fraction of sp³-hybridized carbons (Fsp3) is 0.333. The molecule has 0 amide bonds. The van der Waals surface area contributed by atoms with E-state index in [1.807, 2.05) is 24.3 Å². The van der Waals surface area contributed by atoms with Crippen LogP contribution in [0.4, 0.5) is 0 Å². The number of hydrogen-bond acceptors (Lipinski definition) is 3. The van der Waals surface area contributed by atoms with Crippen LogP contribution in [0.1, 0.15) is 35.7 Å². The highest BCUT2D eigenvalue weighted by atomic mass is 15.2. The number of H-pyrrole nitrogens is 1. The molecule has 1 saturated heterocycles. The number of nitrogens with one attached hydrogen (secondary N) is 2. The topological polar surface area (TPSA) is 64.5 Å².